The topological polar surface area (TPSA) is 78.4 Å². The van der Waals surface area contributed by atoms with E-state index < -0.39 is 17.1 Å². The van der Waals surface area contributed by atoms with E-state index in [0.717, 1.165) is 25.7 Å². The monoisotopic (exact) mass is 298 g/mol. The predicted molar refractivity (Wildman–Crippen MR) is 82.7 cm³/mol. The molecule has 0 saturated heterocycles. The molecule has 1 fully saturated rings. The molecule has 122 valence electrons. The first kappa shape index (κ1) is 18.0. The minimum absolute atomic E-state index is 0.157. The summed E-state index contributed by atoms with van der Waals surface area (Å²) in [6, 6.07) is -0.595. The Morgan fingerprint density at radius 1 is 1.29 bits per heavy atom. The Labute approximate surface area is 127 Å². The molecule has 0 spiro atoms. The molecule has 5 heteroatoms. The van der Waals surface area contributed by atoms with Crippen LogP contribution in [0, 0.1) is 11.3 Å². The normalized spacial score (nSPS) is 27.8. The molecule has 2 amide bonds. The standard InChI is InChI=1S/C16H30N2O3/c1-11-6-8-16(21,9-7-11)10-17-13(19)12(2)18-14(20)15(3,4)5/h11-12,21H,6-10H2,1-5H3,(H,17,19)(H,18,20). The maximum atomic E-state index is 12.0. The first-order valence-corrected chi connectivity index (χ1v) is 7.84. The molecule has 21 heavy (non-hydrogen) atoms. The smallest absolute Gasteiger partial charge is 0.242 e. The number of aliphatic hydroxyl groups is 1. The van der Waals surface area contributed by atoms with Crippen molar-refractivity contribution in [1.29, 1.82) is 0 Å². The van der Waals surface area contributed by atoms with Crippen LogP contribution in [-0.4, -0.2) is 35.1 Å². The van der Waals surface area contributed by atoms with Crippen molar-refractivity contribution >= 4 is 11.8 Å². The molecule has 1 aliphatic carbocycles. The molecule has 0 aromatic heterocycles. The zero-order valence-electron chi connectivity index (χ0n) is 14.0. The summed E-state index contributed by atoms with van der Waals surface area (Å²) in [4.78, 5) is 23.9. The van der Waals surface area contributed by atoms with Gasteiger partial charge in [0.1, 0.15) is 6.04 Å². The molecule has 0 aliphatic heterocycles. The van der Waals surface area contributed by atoms with Crippen molar-refractivity contribution in [2.75, 3.05) is 6.54 Å². The molecule has 0 heterocycles. The highest BCUT2D eigenvalue weighted by Gasteiger charge is 2.33. The summed E-state index contributed by atoms with van der Waals surface area (Å²) < 4.78 is 0. The molecule has 1 aliphatic rings. The van der Waals surface area contributed by atoms with Gasteiger partial charge in [0.15, 0.2) is 0 Å². The molecule has 0 bridgehead atoms. The quantitative estimate of drug-likeness (QED) is 0.737. The Kier molecular flexibility index (Phi) is 5.79. The van der Waals surface area contributed by atoms with Gasteiger partial charge in [0.25, 0.3) is 0 Å². The molecule has 0 aromatic rings. The molecule has 1 atom stereocenters. The first-order valence-electron chi connectivity index (χ1n) is 7.84. The van der Waals surface area contributed by atoms with Gasteiger partial charge in [-0.15, -0.1) is 0 Å². The van der Waals surface area contributed by atoms with Gasteiger partial charge in [0.2, 0.25) is 11.8 Å². The van der Waals surface area contributed by atoms with Gasteiger partial charge in [-0.3, -0.25) is 9.59 Å². The fraction of sp³-hybridized carbons (Fsp3) is 0.875. The van der Waals surface area contributed by atoms with Crippen LogP contribution >= 0.6 is 0 Å². The minimum Gasteiger partial charge on any atom is -0.388 e. The molecular formula is C16H30N2O3. The van der Waals surface area contributed by atoms with Crippen LogP contribution < -0.4 is 10.6 Å². The molecule has 0 aromatic carbocycles. The van der Waals surface area contributed by atoms with Gasteiger partial charge < -0.3 is 15.7 Å². The minimum atomic E-state index is -0.796. The number of rotatable bonds is 4. The summed E-state index contributed by atoms with van der Waals surface area (Å²) in [6.45, 7) is 9.51. The highest BCUT2D eigenvalue weighted by molar-refractivity contribution is 5.89. The highest BCUT2D eigenvalue weighted by atomic mass is 16.3. The van der Waals surface area contributed by atoms with Crippen LogP contribution in [0.2, 0.25) is 0 Å². The van der Waals surface area contributed by atoms with E-state index in [1.165, 1.54) is 0 Å². The summed E-state index contributed by atoms with van der Waals surface area (Å²) in [5.74, 6) is 0.237. The van der Waals surface area contributed by atoms with Gasteiger partial charge in [-0.05, 0) is 38.5 Å². The van der Waals surface area contributed by atoms with Crippen LogP contribution in [0.25, 0.3) is 0 Å². The lowest BCUT2D eigenvalue weighted by atomic mass is 9.79. The summed E-state index contributed by atoms with van der Waals surface area (Å²) in [5, 5.41) is 15.9. The van der Waals surface area contributed by atoms with Crippen molar-refractivity contribution in [2.24, 2.45) is 11.3 Å². The van der Waals surface area contributed by atoms with Gasteiger partial charge in [-0.25, -0.2) is 0 Å². The number of carbonyl (C=O) groups is 2. The predicted octanol–water partition coefficient (Wildman–Crippen LogP) is 1.59. The third-order valence-corrected chi connectivity index (χ3v) is 4.22. The van der Waals surface area contributed by atoms with Crippen LogP contribution in [-0.2, 0) is 9.59 Å². The number of nitrogens with one attached hydrogen (secondary N) is 2. The largest absolute Gasteiger partial charge is 0.388 e. The molecular weight excluding hydrogens is 268 g/mol. The lowest BCUT2D eigenvalue weighted by Crippen LogP contribution is -2.52. The number of carbonyl (C=O) groups excluding carboxylic acids is 2. The van der Waals surface area contributed by atoms with E-state index in [1.807, 2.05) is 0 Å². The van der Waals surface area contributed by atoms with Crippen molar-refractivity contribution in [3.05, 3.63) is 0 Å². The second-order valence-corrected chi connectivity index (χ2v) is 7.57. The molecule has 1 rings (SSSR count). The van der Waals surface area contributed by atoms with E-state index in [9.17, 15) is 14.7 Å². The van der Waals surface area contributed by atoms with Crippen LogP contribution in [0.1, 0.15) is 60.3 Å². The van der Waals surface area contributed by atoms with Crippen LogP contribution in [0.3, 0.4) is 0 Å². The maximum Gasteiger partial charge on any atom is 0.242 e. The number of amides is 2. The van der Waals surface area contributed by atoms with E-state index in [1.54, 1.807) is 27.7 Å². The van der Waals surface area contributed by atoms with Crippen LogP contribution in [0.15, 0.2) is 0 Å². The number of hydrogen-bond acceptors (Lipinski definition) is 3. The Bertz CT molecular complexity index is 379. The Hall–Kier alpha value is -1.10. The Morgan fingerprint density at radius 2 is 1.81 bits per heavy atom. The van der Waals surface area contributed by atoms with Gasteiger partial charge in [-0.2, -0.15) is 0 Å². The molecule has 1 saturated carbocycles. The van der Waals surface area contributed by atoms with E-state index in [-0.39, 0.29) is 18.4 Å². The average Bonchev–Trinajstić information content (AvgIpc) is 2.38. The van der Waals surface area contributed by atoms with Crippen molar-refractivity contribution in [3.63, 3.8) is 0 Å². The lowest BCUT2D eigenvalue weighted by molar-refractivity contribution is -0.133. The zero-order valence-corrected chi connectivity index (χ0v) is 14.0. The fourth-order valence-corrected chi connectivity index (χ4v) is 2.36. The summed E-state index contributed by atoms with van der Waals surface area (Å²) in [6.07, 6.45) is 3.42. The summed E-state index contributed by atoms with van der Waals surface area (Å²) in [5.41, 5.74) is -1.32. The summed E-state index contributed by atoms with van der Waals surface area (Å²) >= 11 is 0. The van der Waals surface area contributed by atoms with Crippen molar-refractivity contribution in [2.45, 2.75) is 71.9 Å². The van der Waals surface area contributed by atoms with Gasteiger partial charge >= 0.3 is 0 Å². The van der Waals surface area contributed by atoms with Gasteiger partial charge in [0, 0.05) is 12.0 Å². The summed E-state index contributed by atoms with van der Waals surface area (Å²) in [7, 11) is 0. The first-order chi connectivity index (χ1) is 9.53. The Balaban J connectivity index is 2.41. The van der Waals surface area contributed by atoms with E-state index in [4.69, 9.17) is 0 Å². The van der Waals surface area contributed by atoms with E-state index in [0.29, 0.717) is 5.92 Å². The van der Waals surface area contributed by atoms with E-state index >= 15 is 0 Å². The van der Waals surface area contributed by atoms with Gasteiger partial charge in [-0.1, -0.05) is 27.7 Å². The molecule has 0 radical (unpaired) electrons. The molecule has 5 nitrogen and oxygen atoms in total. The maximum absolute atomic E-state index is 12.0. The average molecular weight is 298 g/mol. The third-order valence-electron chi connectivity index (χ3n) is 4.22. The van der Waals surface area contributed by atoms with Crippen molar-refractivity contribution in [1.82, 2.24) is 10.6 Å². The SMILES string of the molecule is CC1CCC(O)(CNC(=O)C(C)NC(=O)C(C)(C)C)CC1. The highest BCUT2D eigenvalue weighted by Crippen LogP contribution is 2.31. The Morgan fingerprint density at radius 3 is 2.29 bits per heavy atom. The third kappa shape index (κ3) is 5.65. The van der Waals surface area contributed by atoms with Crippen LogP contribution in [0.5, 0.6) is 0 Å². The second kappa shape index (κ2) is 6.77. The van der Waals surface area contributed by atoms with Crippen molar-refractivity contribution in [3.8, 4) is 0 Å². The zero-order chi connectivity index (χ0) is 16.3. The van der Waals surface area contributed by atoms with E-state index in [2.05, 4.69) is 17.6 Å². The van der Waals surface area contributed by atoms with Crippen molar-refractivity contribution < 1.29 is 14.7 Å². The second-order valence-electron chi connectivity index (χ2n) is 7.57. The number of hydrogen-bond donors (Lipinski definition) is 3. The van der Waals surface area contributed by atoms with Gasteiger partial charge in [0.05, 0.1) is 5.60 Å². The molecule has 1 unspecified atom stereocenters. The lowest BCUT2D eigenvalue weighted by Gasteiger charge is -2.35. The fourth-order valence-electron chi connectivity index (χ4n) is 2.36. The van der Waals surface area contributed by atoms with Crippen LogP contribution in [0.4, 0.5) is 0 Å². The molecule has 3 N–H and O–H groups in total.